The van der Waals surface area contributed by atoms with Crippen molar-refractivity contribution in [3.05, 3.63) is 23.4 Å². The fourth-order valence-corrected chi connectivity index (χ4v) is 1.75. The van der Waals surface area contributed by atoms with Crippen LogP contribution in [0.5, 0.6) is 0 Å². The van der Waals surface area contributed by atoms with Gasteiger partial charge in [-0.2, -0.15) is 0 Å². The molecule has 0 bridgehead atoms. The predicted octanol–water partition coefficient (Wildman–Crippen LogP) is 1.75. The first-order valence-corrected chi connectivity index (χ1v) is 4.47. The van der Waals surface area contributed by atoms with Crippen LogP contribution >= 0.6 is 0 Å². The van der Waals surface area contributed by atoms with Crippen molar-refractivity contribution in [2.45, 2.75) is 26.2 Å². The highest BCUT2D eigenvalue weighted by Gasteiger charge is 2.19. The van der Waals surface area contributed by atoms with E-state index >= 15 is 0 Å². The van der Waals surface area contributed by atoms with Crippen molar-refractivity contribution in [3.8, 4) is 0 Å². The number of piperidine rings is 1. The maximum Gasteiger partial charge on any atom is 0.224 e. The van der Waals surface area contributed by atoms with Gasteiger partial charge >= 0.3 is 0 Å². The van der Waals surface area contributed by atoms with Gasteiger partial charge in [-0.3, -0.25) is 4.79 Å². The minimum atomic E-state index is 0.160. The maximum absolute atomic E-state index is 11.0. The maximum atomic E-state index is 11.0. The SMILES string of the molecule is CC1C=C2CCC(=O)NC2=CC1. The van der Waals surface area contributed by atoms with E-state index in [1.54, 1.807) is 0 Å². The molecule has 0 aromatic rings. The third kappa shape index (κ3) is 1.29. The zero-order chi connectivity index (χ0) is 8.55. The lowest BCUT2D eigenvalue weighted by Gasteiger charge is -2.24. The average Bonchev–Trinajstić information content (AvgIpc) is 2.05. The van der Waals surface area contributed by atoms with Crippen LogP contribution in [0.1, 0.15) is 26.2 Å². The van der Waals surface area contributed by atoms with E-state index in [0.29, 0.717) is 12.3 Å². The largest absolute Gasteiger partial charge is 0.326 e. The highest BCUT2D eigenvalue weighted by Crippen LogP contribution is 2.27. The van der Waals surface area contributed by atoms with Crippen LogP contribution in [-0.2, 0) is 4.79 Å². The number of hydrogen-bond acceptors (Lipinski definition) is 1. The van der Waals surface area contributed by atoms with Gasteiger partial charge in [0.1, 0.15) is 0 Å². The molecule has 2 heteroatoms. The van der Waals surface area contributed by atoms with Crippen molar-refractivity contribution in [2.75, 3.05) is 0 Å². The van der Waals surface area contributed by atoms with Gasteiger partial charge in [-0.25, -0.2) is 0 Å². The summed E-state index contributed by atoms with van der Waals surface area (Å²) in [4.78, 5) is 11.0. The Morgan fingerprint density at radius 1 is 1.50 bits per heavy atom. The molecule has 0 spiro atoms. The van der Waals surface area contributed by atoms with Crippen LogP contribution in [0.15, 0.2) is 23.4 Å². The summed E-state index contributed by atoms with van der Waals surface area (Å²) in [5.74, 6) is 0.798. The zero-order valence-corrected chi connectivity index (χ0v) is 7.26. The van der Waals surface area contributed by atoms with Crippen LogP contribution in [0.25, 0.3) is 0 Å². The minimum Gasteiger partial charge on any atom is -0.326 e. The first kappa shape index (κ1) is 7.59. The number of rotatable bonds is 0. The molecule has 1 amide bonds. The molecule has 0 saturated carbocycles. The van der Waals surface area contributed by atoms with Gasteiger partial charge in [-0.1, -0.05) is 19.1 Å². The first-order chi connectivity index (χ1) is 5.75. The molecule has 2 rings (SSSR count). The first-order valence-electron chi connectivity index (χ1n) is 4.47. The van der Waals surface area contributed by atoms with E-state index in [1.807, 2.05) is 0 Å². The normalized spacial score (nSPS) is 28.4. The smallest absolute Gasteiger partial charge is 0.224 e. The minimum absolute atomic E-state index is 0.160. The van der Waals surface area contributed by atoms with Crippen molar-refractivity contribution in [3.63, 3.8) is 0 Å². The van der Waals surface area contributed by atoms with Crippen molar-refractivity contribution < 1.29 is 4.79 Å². The second-order valence-electron chi connectivity index (χ2n) is 3.57. The standard InChI is InChI=1S/C10H13NO/c1-7-2-4-9-8(6-7)3-5-10(12)11-9/h4,6-7H,2-3,5H2,1H3,(H,11,12). The summed E-state index contributed by atoms with van der Waals surface area (Å²) in [5.41, 5.74) is 2.39. The molecule has 0 radical (unpaired) electrons. The summed E-state index contributed by atoms with van der Waals surface area (Å²) in [6.07, 6.45) is 7.03. The molecule has 1 N–H and O–H groups in total. The molecule has 2 aliphatic rings. The molecular formula is C10H13NO. The summed E-state index contributed by atoms with van der Waals surface area (Å²) < 4.78 is 0. The molecule has 1 fully saturated rings. The molecule has 12 heavy (non-hydrogen) atoms. The van der Waals surface area contributed by atoms with E-state index in [9.17, 15) is 4.79 Å². The molecule has 1 heterocycles. The number of carbonyl (C=O) groups is 1. The summed E-state index contributed by atoms with van der Waals surface area (Å²) in [7, 11) is 0. The fourth-order valence-electron chi connectivity index (χ4n) is 1.75. The number of hydrogen-bond donors (Lipinski definition) is 1. The molecule has 2 nitrogen and oxygen atoms in total. The fraction of sp³-hybridized carbons (Fsp3) is 0.500. The van der Waals surface area contributed by atoms with E-state index in [1.165, 1.54) is 5.57 Å². The summed E-state index contributed by atoms with van der Waals surface area (Å²) >= 11 is 0. The van der Waals surface area contributed by atoms with Gasteiger partial charge in [-0.15, -0.1) is 0 Å². The number of fused-ring (bicyclic) bond motifs is 1. The monoisotopic (exact) mass is 163 g/mol. The van der Waals surface area contributed by atoms with Gasteiger partial charge < -0.3 is 5.32 Å². The second kappa shape index (κ2) is 2.77. The van der Waals surface area contributed by atoms with Crippen LogP contribution < -0.4 is 5.32 Å². The quantitative estimate of drug-likeness (QED) is 0.579. The number of allylic oxidation sites excluding steroid dienone is 3. The average molecular weight is 163 g/mol. The van der Waals surface area contributed by atoms with Crippen molar-refractivity contribution in [1.82, 2.24) is 5.32 Å². The molecule has 0 aromatic carbocycles. The Kier molecular flexibility index (Phi) is 1.75. The van der Waals surface area contributed by atoms with Crippen molar-refractivity contribution in [1.29, 1.82) is 0 Å². The van der Waals surface area contributed by atoms with Crippen LogP contribution in [0, 0.1) is 5.92 Å². The highest BCUT2D eigenvalue weighted by molar-refractivity contribution is 5.81. The van der Waals surface area contributed by atoms with E-state index in [4.69, 9.17) is 0 Å². The molecule has 0 aromatic heterocycles. The van der Waals surface area contributed by atoms with Crippen LogP contribution in [0.2, 0.25) is 0 Å². The number of carbonyl (C=O) groups excluding carboxylic acids is 1. The van der Waals surface area contributed by atoms with Crippen molar-refractivity contribution >= 4 is 5.91 Å². The molecule has 1 atom stereocenters. The number of amides is 1. The van der Waals surface area contributed by atoms with Gasteiger partial charge in [0.25, 0.3) is 0 Å². The Balaban J connectivity index is 2.22. The Morgan fingerprint density at radius 3 is 3.17 bits per heavy atom. The third-order valence-electron chi connectivity index (χ3n) is 2.42. The lowest BCUT2D eigenvalue weighted by molar-refractivity contribution is -0.120. The highest BCUT2D eigenvalue weighted by atomic mass is 16.1. The Labute approximate surface area is 72.3 Å². The summed E-state index contributed by atoms with van der Waals surface area (Å²) in [6, 6.07) is 0. The summed E-state index contributed by atoms with van der Waals surface area (Å²) in [6.45, 7) is 2.21. The Hall–Kier alpha value is -1.05. The van der Waals surface area contributed by atoms with E-state index < -0.39 is 0 Å². The molecule has 1 unspecified atom stereocenters. The van der Waals surface area contributed by atoms with Crippen LogP contribution in [0.4, 0.5) is 0 Å². The predicted molar refractivity (Wildman–Crippen MR) is 47.3 cm³/mol. The van der Waals surface area contributed by atoms with E-state index in [0.717, 1.165) is 18.5 Å². The molecule has 64 valence electrons. The number of nitrogens with one attached hydrogen (secondary N) is 1. The lowest BCUT2D eigenvalue weighted by Crippen LogP contribution is -2.29. The van der Waals surface area contributed by atoms with E-state index in [-0.39, 0.29) is 5.91 Å². The Bertz CT molecular complexity index is 276. The van der Waals surface area contributed by atoms with Crippen molar-refractivity contribution in [2.24, 2.45) is 5.92 Å². The van der Waals surface area contributed by atoms with E-state index in [2.05, 4.69) is 24.4 Å². The molecule has 1 saturated heterocycles. The van der Waals surface area contributed by atoms with Crippen LogP contribution in [0.3, 0.4) is 0 Å². The Morgan fingerprint density at radius 2 is 2.33 bits per heavy atom. The zero-order valence-electron chi connectivity index (χ0n) is 7.26. The summed E-state index contributed by atoms with van der Waals surface area (Å²) in [5, 5.41) is 2.89. The van der Waals surface area contributed by atoms with Gasteiger partial charge in [0.15, 0.2) is 0 Å². The third-order valence-corrected chi connectivity index (χ3v) is 2.42. The molecule has 1 aliphatic carbocycles. The van der Waals surface area contributed by atoms with Crippen LogP contribution in [-0.4, -0.2) is 5.91 Å². The van der Waals surface area contributed by atoms with Gasteiger partial charge in [0, 0.05) is 12.1 Å². The molecular weight excluding hydrogens is 150 g/mol. The van der Waals surface area contributed by atoms with Gasteiger partial charge in [0.2, 0.25) is 5.91 Å². The van der Waals surface area contributed by atoms with Gasteiger partial charge in [0.05, 0.1) is 0 Å². The second-order valence-corrected chi connectivity index (χ2v) is 3.57. The van der Waals surface area contributed by atoms with Gasteiger partial charge in [-0.05, 0) is 24.3 Å². The lowest BCUT2D eigenvalue weighted by atomic mass is 9.90. The molecule has 1 aliphatic heterocycles. The topological polar surface area (TPSA) is 29.1 Å².